The van der Waals surface area contributed by atoms with E-state index in [9.17, 15) is 13.2 Å². The summed E-state index contributed by atoms with van der Waals surface area (Å²) in [6.07, 6.45) is -4.44. The van der Waals surface area contributed by atoms with Crippen molar-refractivity contribution in [3.8, 4) is 0 Å². The van der Waals surface area contributed by atoms with Crippen LogP contribution in [-0.4, -0.2) is 20.0 Å². The Morgan fingerprint density at radius 2 is 1.57 bits per heavy atom. The van der Waals surface area contributed by atoms with Gasteiger partial charge in [-0.1, -0.05) is 0 Å². The highest BCUT2D eigenvalue weighted by atomic mass is 19.4. The third-order valence-corrected chi connectivity index (χ3v) is 0.378. The van der Waals surface area contributed by atoms with Crippen molar-refractivity contribution in [2.45, 2.75) is 12.1 Å². The molecule has 1 atom stereocenters. The Morgan fingerprint density at radius 1 is 1.43 bits per heavy atom. The van der Waals surface area contributed by atoms with E-state index in [0.29, 0.717) is 0 Å². The first-order chi connectivity index (χ1) is 2.94. The van der Waals surface area contributed by atoms with Crippen molar-refractivity contribution < 1.29 is 13.2 Å². The Bertz CT molecular complexity index is 58.4. The van der Waals surface area contributed by atoms with Crippen LogP contribution in [0.2, 0.25) is 0 Å². The minimum atomic E-state index is -4.44. The molecule has 0 aromatic carbocycles. The number of hydrogen-bond donors (Lipinski definition) is 1. The second-order valence-electron chi connectivity index (χ2n) is 1.07. The molecule has 2 radical (unpaired) electrons. The lowest BCUT2D eigenvalue weighted by Gasteiger charge is -2.08. The van der Waals surface area contributed by atoms with Crippen molar-refractivity contribution in [1.82, 2.24) is 0 Å². The molecular weight excluding hydrogens is 106 g/mol. The largest absolute Gasteiger partial charge is 0.395 e. The molecule has 0 aliphatic heterocycles. The average molecular weight is 109 g/mol. The van der Waals surface area contributed by atoms with Crippen molar-refractivity contribution in [2.24, 2.45) is 5.73 Å². The topological polar surface area (TPSA) is 26.0 Å². The summed E-state index contributed by atoms with van der Waals surface area (Å²) >= 11 is 0. The van der Waals surface area contributed by atoms with Gasteiger partial charge in [0.15, 0.2) is 0 Å². The zero-order valence-corrected chi connectivity index (χ0v) is 3.37. The zero-order valence-electron chi connectivity index (χ0n) is 3.37. The lowest BCUT2D eigenvalue weighted by molar-refractivity contribution is -0.129. The van der Waals surface area contributed by atoms with Crippen molar-refractivity contribution in [3.63, 3.8) is 0 Å². The first kappa shape index (κ1) is 6.81. The second kappa shape index (κ2) is 1.73. The lowest BCUT2D eigenvalue weighted by Crippen LogP contribution is -2.37. The lowest BCUT2D eigenvalue weighted by atomic mass is 9.98. The molecule has 0 aromatic rings. The Labute approximate surface area is 40.1 Å². The second-order valence-corrected chi connectivity index (χ2v) is 1.07. The van der Waals surface area contributed by atoms with Gasteiger partial charge in [-0.05, 0) is 0 Å². The Morgan fingerprint density at radius 3 is 1.57 bits per heavy atom. The maximum atomic E-state index is 10.9. The first-order valence-corrected chi connectivity index (χ1v) is 1.52. The molecule has 0 rings (SSSR count). The predicted octanol–water partition coefficient (Wildman–Crippen LogP) is 0.00200. The molecule has 5 heteroatoms. The Kier molecular flexibility index (Phi) is 1.69. The maximum Gasteiger partial charge on any atom is 0.395 e. The molecule has 1 unspecified atom stereocenters. The quantitative estimate of drug-likeness (QED) is 0.435. The van der Waals surface area contributed by atoms with Crippen molar-refractivity contribution in [1.29, 1.82) is 0 Å². The van der Waals surface area contributed by atoms with Gasteiger partial charge in [-0.2, -0.15) is 13.2 Å². The molecule has 2 N–H and O–H groups in total. The summed E-state index contributed by atoms with van der Waals surface area (Å²) in [4.78, 5) is 0. The van der Waals surface area contributed by atoms with Crippen LogP contribution in [0.25, 0.3) is 0 Å². The van der Waals surface area contributed by atoms with Gasteiger partial charge in [0.2, 0.25) is 0 Å². The molecule has 0 bridgehead atoms. The molecule has 7 heavy (non-hydrogen) atoms. The summed E-state index contributed by atoms with van der Waals surface area (Å²) in [5.41, 5.74) is 4.22. The third-order valence-electron chi connectivity index (χ3n) is 0.378. The van der Waals surface area contributed by atoms with Gasteiger partial charge < -0.3 is 5.73 Å². The molecule has 0 fully saturated rings. The van der Waals surface area contributed by atoms with Gasteiger partial charge in [-0.15, -0.1) is 0 Å². The maximum absolute atomic E-state index is 10.9. The summed E-state index contributed by atoms with van der Waals surface area (Å²) in [6, 6.07) is 0. The monoisotopic (exact) mass is 109 g/mol. The molecule has 0 aliphatic rings. The molecule has 0 aliphatic carbocycles. The van der Waals surface area contributed by atoms with E-state index in [2.05, 4.69) is 13.6 Å². The van der Waals surface area contributed by atoms with Crippen LogP contribution in [0.1, 0.15) is 0 Å². The van der Waals surface area contributed by atoms with Crippen LogP contribution in [0.15, 0.2) is 0 Å². The summed E-state index contributed by atoms with van der Waals surface area (Å²) < 4.78 is 32.8. The number of alkyl halides is 3. The van der Waals surface area contributed by atoms with Crippen LogP contribution < -0.4 is 5.73 Å². The van der Waals surface area contributed by atoms with Crippen molar-refractivity contribution >= 4 is 7.85 Å². The van der Waals surface area contributed by atoms with Crippen LogP contribution >= 0.6 is 0 Å². The van der Waals surface area contributed by atoms with Crippen LogP contribution in [0.5, 0.6) is 0 Å². The fourth-order valence-electron chi connectivity index (χ4n) is 0. The normalized spacial score (nSPS) is 16.6. The van der Waals surface area contributed by atoms with E-state index in [1.54, 1.807) is 0 Å². The van der Waals surface area contributed by atoms with Crippen molar-refractivity contribution in [3.05, 3.63) is 0 Å². The van der Waals surface area contributed by atoms with Gasteiger partial charge in [-0.3, -0.25) is 0 Å². The first-order valence-electron chi connectivity index (χ1n) is 1.52. The molecule has 0 saturated heterocycles. The smallest absolute Gasteiger partial charge is 0.328 e. The van der Waals surface area contributed by atoms with Gasteiger partial charge in [0, 0.05) is 0 Å². The van der Waals surface area contributed by atoms with E-state index in [1.807, 2.05) is 0 Å². The van der Waals surface area contributed by atoms with Crippen molar-refractivity contribution in [2.75, 3.05) is 0 Å². The molecular formula is C2H3BF3N. The molecule has 1 nitrogen and oxygen atoms in total. The fourth-order valence-corrected chi connectivity index (χ4v) is 0. The fraction of sp³-hybridized carbons (Fsp3) is 1.00. The predicted molar refractivity (Wildman–Crippen MR) is 19.8 cm³/mol. The summed E-state index contributed by atoms with van der Waals surface area (Å²) in [5, 5.41) is 0. The standard InChI is InChI=1S/C2H3BF3N/c3-1(7)2(4,5)6/h1H,7H2. The van der Waals surface area contributed by atoms with Gasteiger partial charge in [-0.25, -0.2) is 0 Å². The highest BCUT2D eigenvalue weighted by molar-refractivity contribution is 6.12. The zero-order chi connectivity index (χ0) is 6.08. The number of hydrogen-bond acceptors (Lipinski definition) is 1. The molecule has 40 valence electrons. The number of nitrogens with two attached hydrogens (primary N) is 1. The minimum Gasteiger partial charge on any atom is -0.328 e. The van der Waals surface area contributed by atoms with E-state index >= 15 is 0 Å². The molecule has 0 heterocycles. The van der Waals surface area contributed by atoms with E-state index in [1.165, 1.54) is 0 Å². The van der Waals surface area contributed by atoms with E-state index in [0.717, 1.165) is 0 Å². The Hall–Kier alpha value is -0.185. The van der Waals surface area contributed by atoms with Crippen LogP contribution in [0.4, 0.5) is 13.2 Å². The SMILES string of the molecule is [B]C(N)C(F)(F)F. The number of rotatable bonds is 0. The molecule has 0 saturated carbocycles. The van der Waals surface area contributed by atoms with E-state index in [4.69, 9.17) is 0 Å². The van der Waals surface area contributed by atoms with Crippen LogP contribution in [0, 0.1) is 0 Å². The van der Waals surface area contributed by atoms with Gasteiger partial charge in [0.1, 0.15) is 7.85 Å². The van der Waals surface area contributed by atoms with E-state index < -0.39 is 12.1 Å². The van der Waals surface area contributed by atoms with Gasteiger partial charge >= 0.3 is 6.18 Å². The highest BCUT2D eigenvalue weighted by Crippen LogP contribution is 2.15. The minimum absolute atomic E-state index is 2.20. The van der Waals surface area contributed by atoms with Crippen LogP contribution in [0.3, 0.4) is 0 Å². The van der Waals surface area contributed by atoms with Crippen LogP contribution in [-0.2, 0) is 0 Å². The highest BCUT2D eigenvalue weighted by Gasteiger charge is 2.31. The molecule has 0 aromatic heterocycles. The molecule has 0 spiro atoms. The van der Waals surface area contributed by atoms with Gasteiger partial charge in [0.25, 0.3) is 0 Å². The van der Waals surface area contributed by atoms with E-state index in [-0.39, 0.29) is 0 Å². The summed E-state index contributed by atoms with van der Waals surface area (Å²) in [5.74, 6) is -2.20. The third kappa shape index (κ3) is 2.50. The Balaban J connectivity index is 3.54. The average Bonchev–Trinajstić information content (AvgIpc) is 1.31. The number of halogens is 3. The summed E-state index contributed by atoms with van der Waals surface area (Å²) in [7, 11) is 4.22. The van der Waals surface area contributed by atoms with Gasteiger partial charge in [0.05, 0.1) is 5.94 Å². The summed E-state index contributed by atoms with van der Waals surface area (Å²) in [6.45, 7) is 0. The molecule has 0 amide bonds.